The molecule has 0 saturated carbocycles. The number of amides is 1. The van der Waals surface area contributed by atoms with E-state index in [0.717, 1.165) is 0 Å². The third-order valence-electron chi connectivity index (χ3n) is 1.67. The molecule has 0 aromatic heterocycles. The number of nitrogens with one attached hydrogen (secondary N) is 1. The number of cyclic esters (lactones) is 1. The van der Waals surface area contributed by atoms with Crippen molar-refractivity contribution in [2.75, 3.05) is 0 Å². The van der Waals surface area contributed by atoms with Crippen molar-refractivity contribution in [3.63, 3.8) is 0 Å². The Morgan fingerprint density at radius 3 is 2.27 bits per heavy atom. The number of hydrogen-bond acceptors (Lipinski definition) is 2. The minimum atomic E-state index is -0.394. The van der Waals surface area contributed by atoms with Crippen molar-refractivity contribution in [1.29, 1.82) is 0 Å². The lowest BCUT2D eigenvalue weighted by Gasteiger charge is -2.24. The van der Waals surface area contributed by atoms with Gasteiger partial charge < -0.3 is 10.1 Å². The highest BCUT2D eigenvalue weighted by molar-refractivity contribution is 5.72. The predicted molar refractivity (Wildman–Crippen MR) is 42.0 cm³/mol. The van der Waals surface area contributed by atoms with Gasteiger partial charge in [0.25, 0.3) is 0 Å². The molecule has 0 spiro atoms. The molecule has 3 heteroatoms. The van der Waals surface area contributed by atoms with E-state index < -0.39 is 6.09 Å². The van der Waals surface area contributed by atoms with Crippen molar-refractivity contribution in [1.82, 2.24) is 5.32 Å². The van der Waals surface area contributed by atoms with Crippen LogP contribution in [-0.2, 0) is 4.74 Å². The molecule has 0 aliphatic carbocycles. The maximum absolute atomic E-state index is 10.7. The minimum absolute atomic E-state index is 0.0246. The zero-order valence-corrected chi connectivity index (χ0v) is 7.10. The number of rotatable bonds is 0. The summed E-state index contributed by atoms with van der Waals surface area (Å²) >= 11 is 0. The van der Waals surface area contributed by atoms with Crippen molar-refractivity contribution in [3.05, 3.63) is 12.3 Å². The monoisotopic (exact) mass is 155 g/mol. The molecule has 1 fully saturated rings. The summed E-state index contributed by atoms with van der Waals surface area (Å²) in [4.78, 5) is 10.7. The lowest BCUT2D eigenvalue weighted by Crippen LogP contribution is -2.37. The van der Waals surface area contributed by atoms with E-state index in [1.165, 1.54) is 0 Å². The van der Waals surface area contributed by atoms with Gasteiger partial charge in [0.15, 0.2) is 0 Å². The number of carbonyl (C=O) groups is 1. The molecule has 11 heavy (non-hydrogen) atoms. The summed E-state index contributed by atoms with van der Waals surface area (Å²) in [6, 6.07) is -0.0602. The first kappa shape index (κ1) is 8.11. The molecule has 1 saturated heterocycles. The van der Waals surface area contributed by atoms with Crippen molar-refractivity contribution in [2.45, 2.75) is 26.8 Å². The smallest absolute Gasteiger partial charge is 0.412 e. The molecule has 0 aromatic rings. The standard InChI is InChI=1S/C8H13NO2/c1-5-6(8(2,3)4)9-7(10)11-5/h6H,1H2,2-4H3,(H,9,10). The maximum Gasteiger partial charge on any atom is 0.412 e. The first-order chi connectivity index (χ1) is 4.91. The number of alkyl carbamates (subject to hydrolysis) is 1. The molecular weight excluding hydrogens is 142 g/mol. The van der Waals surface area contributed by atoms with E-state index in [1.54, 1.807) is 0 Å². The van der Waals surface area contributed by atoms with Crippen LogP contribution in [0, 0.1) is 5.41 Å². The molecule has 0 bridgehead atoms. The fraction of sp³-hybridized carbons (Fsp3) is 0.625. The van der Waals surface area contributed by atoms with Crippen LogP contribution < -0.4 is 5.32 Å². The number of ether oxygens (including phenoxy) is 1. The third-order valence-corrected chi connectivity index (χ3v) is 1.67. The van der Waals surface area contributed by atoms with Gasteiger partial charge in [-0.05, 0) is 5.41 Å². The molecule has 1 amide bonds. The zero-order valence-electron chi connectivity index (χ0n) is 7.10. The van der Waals surface area contributed by atoms with E-state index in [1.807, 2.05) is 20.8 Å². The summed E-state index contributed by atoms with van der Waals surface area (Å²) in [5.41, 5.74) is -0.0246. The van der Waals surface area contributed by atoms with Crippen LogP contribution in [0.25, 0.3) is 0 Å². The largest absolute Gasteiger partial charge is 0.413 e. The van der Waals surface area contributed by atoms with Crippen LogP contribution >= 0.6 is 0 Å². The fourth-order valence-corrected chi connectivity index (χ4v) is 1.11. The predicted octanol–water partition coefficient (Wildman–Crippen LogP) is 1.65. The first-order valence-electron chi connectivity index (χ1n) is 3.58. The van der Waals surface area contributed by atoms with Gasteiger partial charge in [0.2, 0.25) is 0 Å². The van der Waals surface area contributed by atoms with Crippen molar-refractivity contribution >= 4 is 6.09 Å². The molecule has 3 nitrogen and oxygen atoms in total. The molecule has 1 rings (SSSR count). The van der Waals surface area contributed by atoms with E-state index >= 15 is 0 Å². The Bertz CT molecular complexity index is 203. The van der Waals surface area contributed by atoms with Crippen LogP contribution in [0.15, 0.2) is 12.3 Å². The molecule has 0 radical (unpaired) electrons. The Morgan fingerprint density at radius 1 is 1.55 bits per heavy atom. The van der Waals surface area contributed by atoms with Gasteiger partial charge in [-0.15, -0.1) is 0 Å². The lowest BCUT2D eigenvalue weighted by atomic mass is 9.86. The van der Waals surface area contributed by atoms with E-state index in [9.17, 15) is 4.79 Å². The quantitative estimate of drug-likeness (QED) is 0.577. The first-order valence-corrected chi connectivity index (χ1v) is 3.58. The van der Waals surface area contributed by atoms with Gasteiger partial charge in [-0.25, -0.2) is 4.79 Å². The van der Waals surface area contributed by atoms with Crippen LogP contribution in [0.3, 0.4) is 0 Å². The Labute approximate surface area is 66.4 Å². The molecule has 0 aromatic carbocycles. The second-order valence-corrected chi connectivity index (χ2v) is 3.80. The summed E-state index contributed by atoms with van der Waals surface area (Å²) < 4.78 is 4.76. The second kappa shape index (κ2) is 2.26. The SMILES string of the molecule is C=C1OC(=O)NC1C(C)(C)C. The molecule has 1 heterocycles. The number of carbonyl (C=O) groups excluding carboxylic acids is 1. The highest BCUT2D eigenvalue weighted by Gasteiger charge is 2.36. The Morgan fingerprint density at radius 2 is 2.09 bits per heavy atom. The summed E-state index contributed by atoms with van der Waals surface area (Å²) in [5, 5.41) is 2.68. The van der Waals surface area contributed by atoms with Crippen LogP contribution in [0.2, 0.25) is 0 Å². The molecular formula is C8H13NO2. The van der Waals surface area contributed by atoms with E-state index in [-0.39, 0.29) is 11.5 Å². The lowest BCUT2D eigenvalue weighted by molar-refractivity contribution is 0.195. The normalized spacial score (nSPS) is 24.8. The van der Waals surface area contributed by atoms with Gasteiger partial charge in [0.05, 0.1) is 6.04 Å². The van der Waals surface area contributed by atoms with Gasteiger partial charge in [-0.3, -0.25) is 0 Å². The summed E-state index contributed by atoms with van der Waals surface area (Å²) in [6.45, 7) is 9.72. The Balaban J connectivity index is 2.76. The van der Waals surface area contributed by atoms with Crippen LogP contribution in [0.5, 0.6) is 0 Å². The third kappa shape index (κ3) is 1.53. The van der Waals surface area contributed by atoms with Crippen LogP contribution in [-0.4, -0.2) is 12.1 Å². The van der Waals surface area contributed by atoms with Crippen molar-refractivity contribution in [2.24, 2.45) is 5.41 Å². The molecule has 62 valence electrons. The summed E-state index contributed by atoms with van der Waals surface area (Å²) in [6.07, 6.45) is -0.394. The summed E-state index contributed by atoms with van der Waals surface area (Å²) in [7, 11) is 0. The average Bonchev–Trinajstić information content (AvgIpc) is 2.08. The topological polar surface area (TPSA) is 38.3 Å². The Hall–Kier alpha value is -0.990. The highest BCUT2D eigenvalue weighted by atomic mass is 16.6. The van der Waals surface area contributed by atoms with E-state index in [4.69, 9.17) is 4.74 Å². The summed E-state index contributed by atoms with van der Waals surface area (Å²) in [5.74, 6) is 0.516. The fourth-order valence-electron chi connectivity index (χ4n) is 1.11. The Kier molecular flexibility index (Phi) is 1.66. The molecule has 1 N–H and O–H groups in total. The molecule has 1 atom stereocenters. The van der Waals surface area contributed by atoms with Gasteiger partial charge >= 0.3 is 6.09 Å². The van der Waals surface area contributed by atoms with Crippen LogP contribution in [0.4, 0.5) is 4.79 Å². The van der Waals surface area contributed by atoms with E-state index in [0.29, 0.717) is 5.76 Å². The highest BCUT2D eigenvalue weighted by Crippen LogP contribution is 2.28. The zero-order chi connectivity index (χ0) is 8.65. The van der Waals surface area contributed by atoms with Crippen LogP contribution in [0.1, 0.15) is 20.8 Å². The number of hydrogen-bond donors (Lipinski definition) is 1. The minimum Gasteiger partial charge on any atom is -0.413 e. The van der Waals surface area contributed by atoms with Gasteiger partial charge in [0, 0.05) is 0 Å². The van der Waals surface area contributed by atoms with Crippen molar-refractivity contribution in [3.8, 4) is 0 Å². The molecule has 1 aliphatic rings. The molecule has 1 unspecified atom stereocenters. The molecule has 1 aliphatic heterocycles. The van der Waals surface area contributed by atoms with Gasteiger partial charge in [0.1, 0.15) is 5.76 Å². The van der Waals surface area contributed by atoms with Gasteiger partial charge in [-0.1, -0.05) is 27.4 Å². The maximum atomic E-state index is 10.7. The van der Waals surface area contributed by atoms with E-state index in [2.05, 4.69) is 11.9 Å². The second-order valence-electron chi connectivity index (χ2n) is 3.80. The van der Waals surface area contributed by atoms with Crippen molar-refractivity contribution < 1.29 is 9.53 Å². The average molecular weight is 155 g/mol. The van der Waals surface area contributed by atoms with Gasteiger partial charge in [-0.2, -0.15) is 0 Å².